The van der Waals surface area contributed by atoms with Crippen molar-refractivity contribution in [3.05, 3.63) is 41.2 Å². The first-order valence-electron chi connectivity index (χ1n) is 8.53. The largest absolute Gasteiger partial charge is 0.452 e. The molecule has 1 aliphatic heterocycles. The molecule has 0 saturated carbocycles. The lowest BCUT2D eigenvalue weighted by molar-refractivity contribution is -0.129. The molecule has 0 aliphatic carbocycles. The summed E-state index contributed by atoms with van der Waals surface area (Å²) in [6.45, 7) is -0.0146. The highest BCUT2D eigenvalue weighted by molar-refractivity contribution is 6.30. The summed E-state index contributed by atoms with van der Waals surface area (Å²) >= 11 is 6.01. The van der Waals surface area contributed by atoms with Gasteiger partial charge in [-0.1, -0.05) is 23.7 Å². The molecule has 3 aromatic rings. The first kappa shape index (κ1) is 18.8. The standard InChI is InChI=1S/C17H18ClN5O5/c18-9-3-1-2-8(4-9)5-19-14-11-15(21-7-20-11)23-17(22-14)28-13-12(25)10(6-24)27-16(13)26/h1-4,7,10,12-13,16,24-26H,5-6H2,(H2,19,20,21,22,23)/t10-,12-,13+,16-/m1/s1. The van der Waals surface area contributed by atoms with Crippen LogP contribution in [0.1, 0.15) is 5.56 Å². The number of hydrogen-bond donors (Lipinski definition) is 5. The van der Waals surface area contributed by atoms with Gasteiger partial charge in [-0.3, -0.25) is 0 Å². The van der Waals surface area contributed by atoms with Gasteiger partial charge in [-0.2, -0.15) is 9.97 Å². The second kappa shape index (κ2) is 7.86. The summed E-state index contributed by atoms with van der Waals surface area (Å²) in [7, 11) is 0. The van der Waals surface area contributed by atoms with Crippen molar-refractivity contribution in [1.82, 2.24) is 19.9 Å². The fraction of sp³-hybridized carbons (Fsp3) is 0.353. The first-order chi connectivity index (χ1) is 13.5. The maximum Gasteiger partial charge on any atom is 0.321 e. The number of imidazole rings is 1. The third kappa shape index (κ3) is 3.73. The number of hydrogen-bond acceptors (Lipinski definition) is 9. The van der Waals surface area contributed by atoms with Crippen molar-refractivity contribution in [2.45, 2.75) is 31.1 Å². The molecular weight excluding hydrogens is 390 g/mol. The van der Waals surface area contributed by atoms with Gasteiger partial charge in [0.1, 0.15) is 17.7 Å². The SMILES string of the molecule is OC[C@H]1O[C@@H](O)[C@@H](Oc2nc(NCc3cccc(Cl)c3)c3[nH]cnc3n2)[C@@H]1O. The molecule has 1 aromatic carbocycles. The van der Waals surface area contributed by atoms with Gasteiger partial charge in [0.25, 0.3) is 0 Å². The van der Waals surface area contributed by atoms with E-state index in [1.54, 1.807) is 6.07 Å². The highest BCUT2D eigenvalue weighted by Gasteiger charge is 2.45. The lowest BCUT2D eigenvalue weighted by atomic mass is 10.1. The molecule has 11 heteroatoms. The molecule has 1 fully saturated rings. The van der Waals surface area contributed by atoms with Gasteiger partial charge in [0.2, 0.25) is 0 Å². The average Bonchev–Trinajstić information content (AvgIpc) is 3.26. The van der Waals surface area contributed by atoms with Crippen LogP contribution in [-0.2, 0) is 11.3 Å². The van der Waals surface area contributed by atoms with Crippen molar-refractivity contribution in [3.8, 4) is 6.01 Å². The van der Waals surface area contributed by atoms with Gasteiger partial charge < -0.3 is 35.1 Å². The predicted molar refractivity (Wildman–Crippen MR) is 98.9 cm³/mol. The molecule has 0 radical (unpaired) electrons. The fourth-order valence-electron chi connectivity index (χ4n) is 2.94. The molecule has 4 atom stereocenters. The second-order valence-electron chi connectivity index (χ2n) is 6.26. The summed E-state index contributed by atoms with van der Waals surface area (Å²) in [5, 5.41) is 33.0. The van der Waals surface area contributed by atoms with E-state index in [1.807, 2.05) is 18.2 Å². The van der Waals surface area contributed by atoms with Crippen molar-refractivity contribution in [2.75, 3.05) is 11.9 Å². The zero-order valence-electron chi connectivity index (χ0n) is 14.5. The highest BCUT2D eigenvalue weighted by atomic mass is 35.5. The number of aliphatic hydroxyl groups excluding tert-OH is 3. The van der Waals surface area contributed by atoms with E-state index in [0.29, 0.717) is 28.5 Å². The van der Waals surface area contributed by atoms with E-state index in [2.05, 4.69) is 25.3 Å². The Morgan fingerprint density at radius 1 is 1.29 bits per heavy atom. The number of aliphatic hydroxyl groups is 3. The topological polar surface area (TPSA) is 146 Å². The van der Waals surface area contributed by atoms with Gasteiger partial charge in [-0.25, -0.2) is 4.98 Å². The van der Waals surface area contributed by atoms with Gasteiger partial charge >= 0.3 is 6.01 Å². The summed E-state index contributed by atoms with van der Waals surface area (Å²) in [5.74, 6) is 0.430. The number of aromatic amines is 1. The number of H-pyrrole nitrogens is 1. The molecular formula is C17H18ClN5O5. The molecule has 4 rings (SSSR count). The maximum atomic E-state index is 10.1. The molecule has 0 spiro atoms. The van der Waals surface area contributed by atoms with Crippen LogP contribution in [0.25, 0.3) is 11.2 Å². The number of rotatable bonds is 6. The summed E-state index contributed by atoms with van der Waals surface area (Å²) in [6.07, 6.45) is -3.28. The fourth-order valence-corrected chi connectivity index (χ4v) is 3.16. The van der Waals surface area contributed by atoms with E-state index in [-0.39, 0.29) is 6.01 Å². The van der Waals surface area contributed by atoms with E-state index in [9.17, 15) is 15.3 Å². The van der Waals surface area contributed by atoms with Gasteiger partial charge in [0.15, 0.2) is 23.9 Å². The molecule has 0 amide bonds. The molecule has 0 bridgehead atoms. The van der Waals surface area contributed by atoms with Crippen LogP contribution in [0.2, 0.25) is 5.02 Å². The monoisotopic (exact) mass is 407 g/mol. The summed E-state index contributed by atoms with van der Waals surface area (Å²) in [5.41, 5.74) is 1.87. The smallest absolute Gasteiger partial charge is 0.321 e. The van der Waals surface area contributed by atoms with Crippen LogP contribution in [0.15, 0.2) is 30.6 Å². The van der Waals surface area contributed by atoms with Crippen LogP contribution in [0.3, 0.4) is 0 Å². The van der Waals surface area contributed by atoms with Crippen molar-refractivity contribution in [1.29, 1.82) is 0 Å². The van der Waals surface area contributed by atoms with Crippen molar-refractivity contribution in [2.24, 2.45) is 0 Å². The molecule has 0 unspecified atom stereocenters. The number of nitrogens with one attached hydrogen (secondary N) is 2. The predicted octanol–water partition coefficient (Wildman–Crippen LogP) is 0.436. The maximum absolute atomic E-state index is 10.1. The number of halogens is 1. The normalized spacial score (nSPS) is 24.6. The van der Waals surface area contributed by atoms with Gasteiger partial charge in [-0.05, 0) is 17.7 Å². The minimum atomic E-state index is -1.42. The molecule has 148 valence electrons. The average molecular weight is 408 g/mol. The molecule has 3 heterocycles. The highest BCUT2D eigenvalue weighted by Crippen LogP contribution is 2.26. The second-order valence-corrected chi connectivity index (χ2v) is 6.70. The Morgan fingerprint density at radius 3 is 2.89 bits per heavy atom. The lowest BCUT2D eigenvalue weighted by Gasteiger charge is -2.18. The number of benzene rings is 1. The van der Waals surface area contributed by atoms with E-state index in [1.165, 1.54) is 6.33 Å². The summed E-state index contributed by atoms with van der Waals surface area (Å²) in [6, 6.07) is 7.28. The van der Waals surface area contributed by atoms with Crippen LogP contribution < -0.4 is 10.1 Å². The molecule has 1 aliphatic rings. The van der Waals surface area contributed by atoms with Crippen molar-refractivity contribution < 1.29 is 24.8 Å². The van der Waals surface area contributed by atoms with E-state index >= 15 is 0 Å². The first-order valence-corrected chi connectivity index (χ1v) is 8.91. The van der Waals surface area contributed by atoms with Crippen LogP contribution >= 0.6 is 11.6 Å². The van der Waals surface area contributed by atoms with Crippen LogP contribution in [0.4, 0.5) is 5.82 Å². The third-order valence-electron chi connectivity index (χ3n) is 4.35. The Hall–Kier alpha value is -2.50. The molecule has 10 nitrogen and oxygen atoms in total. The van der Waals surface area contributed by atoms with Crippen LogP contribution in [0, 0.1) is 0 Å². The number of ether oxygens (including phenoxy) is 2. The minimum Gasteiger partial charge on any atom is -0.452 e. The van der Waals surface area contributed by atoms with Crippen LogP contribution in [0.5, 0.6) is 6.01 Å². The third-order valence-corrected chi connectivity index (χ3v) is 4.58. The molecule has 28 heavy (non-hydrogen) atoms. The lowest BCUT2D eigenvalue weighted by Crippen LogP contribution is -2.39. The zero-order chi connectivity index (χ0) is 19.7. The number of anilines is 1. The van der Waals surface area contributed by atoms with Gasteiger partial charge in [0, 0.05) is 11.6 Å². The van der Waals surface area contributed by atoms with Crippen molar-refractivity contribution in [3.63, 3.8) is 0 Å². The Morgan fingerprint density at radius 2 is 2.14 bits per heavy atom. The summed E-state index contributed by atoms with van der Waals surface area (Å²) in [4.78, 5) is 15.5. The Labute approximate surface area is 164 Å². The Kier molecular flexibility index (Phi) is 5.29. The molecule has 5 N–H and O–H groups in total. The Balaban J connectivity index is 1.57. The summed E-state index contributed by atoms with van der Waals surface area (Å²) < 4.78 is 10.6. The van der Waals surface area contributed by atoms with Gasteiger partial charge in [-0.15, -0.1) is 0 Å². The van der Waals surface area contributed by atoms with Crippen molar-refractivity contribution >= 4 is 28.6 Å². The van der Waals surface area contributed by atoms with E-state index in [0.717, 1.165) is 5.56 Å². The quantitative estimate of drug-likeness (QED) is 0.392. The minimum absolute atomic E-state index is 0.0986. The van der Waals surface area contributed by atoms with E-state index in [4.69, 9.17) is 21.1 Å². The number of fused-ring (bicyclic) bond motifs is 1. The molecule has 2 aromatic heterocycles. The Bertz CT molecular complexity index is 970. The van der Waals surface area contributed by atoms with Gasteiger partial charge in [0.05, 0.1) is 12.9 Å². The number of aromatic nitrogens is 4. The zero-order valence-corrected chi connectivity index (χ0v) is 15.2. The number of nitrogens with zero attached hydrogens (tertiary/aromatic N) is 3. The molecule has 1 saturated heterocycles. The van der Waals surface area contributed by atoms with Crippen LogP contribution in [-0.4, -0.2) is 66.5 Å². The van der Waals surface area contributed by atoms with E-state index < -0.39 is 31.2 Å².